The number of rotatable bonds is 12. The van der Waals surface area contributed by atoms with Crippen molar-refractivity contribution in [3.63, 3.8) is 0 Å². The molecule has 1 aromatic heterocycles. The lowest BCUT2D eigenvalue weighted by Crippen LogP contribution is -2.48. The molecule has 5 aromatic rings. The van der Waals surface area contributed by atoms with E-state index in [1.54, 1.807) is 24.3 Å². The number of thioether (sulfide) groups is 1. The number of amides is 1. The summed E-state index contributed by atoms with van der Waals surface area (Å²) >= 11 is 0.494. The molecule has 0 atom stereocenters. The fourth-order valence-corrected chi connectivity index (χ4v) is 6.92. The van der Waals surface area contributed by atoms with Gasteiger partial charge < -0.3 is 19.1 Å². The number of piperidine rings is 1. The maximum atomic E-state index is 15.0. The number of halogens is 5. The smallest absolute Gasteiger partial charge is 0.383 e. The Labute approximate surface area is 316 Å². The summed E-state index contributed by atoms with van der Waals surface area (Å²) in [6.45, 7) is -2.81. The van der Waals surface area contributed by atoms with E-state index in [1.807, 2.05) is 4.90 Å². The van der Waals surface area contributed by atoms with Crippen LogP contribution < -0.4 is 5.43 Å². The number of benzene rings is 4. The summed E-state index contributed by atoms with van der Waals surface area (Å²) in [4.78, 5) is 31.9. The minimum absolute atomic E-state index is 0.113. The van der Waals surface area contributed by atoms with Gasteiger partial charge in [-0.25, -0.2) is 8.78 Å². The lowest BCUT2D eigenvalue weighted by Gasteiger charge is -2.39. The third kappa shape index (κ3) is 8.74. The lowest BCUT2D eigenvalue weighted by molar-refractivity contribution is -0.137. The number of nitrogens with zero attached hydrogens (tertiary/aromatic N) is 3. The molecule has 1 aliphatic rings. The molecule has 1 fully saturated rings. The molecule has 0 radical (unpaired) electrons. The molecule has 12 heteroatoms. The van der Waals surface area contributed by atoms with Gasteiger partial charge in [-0.1, -0.05) is 60.6 Å². The van der Waals surface area contributed by atoms with Crippen LogP contribution in [-0.2, 0) is 34.5 Å². The number of fused-ring (bicyclic) bond motifs is 1. The molecule has 6 rings (SSSR count). The Morgan fingerprint density at radius 3 is 2.40 bits per heavy atom. The van der Waals surface area contributed by atoms with Crippen molar-refractivity contribution in [2.24, 2.45) is 0 Å². The molecule has 0 aliphatic carbocycles. The maximum absolute atomic E-state index is 15.0. The summed E-state index contributed by atoms with van der Waals surface area (Å²) in [5.74, 6) is -4.20. The summed E-state index contributed by atoms with van der Waals surface area (Å²) in [5.41, 5.74) is -1.56. The van der Waals surface area contributed by atoms with Crippen LogP contribution in [0.2, 0.25) is 0 Å². The van der Waals surface area contributed by atoms with Crippen LogP contribution >= 0.6 is 11.8 Å². The summed E-state index contributed by atoms with van der Waals surface area (Å²) in [7, 11) is -2.61. The van der Waals surface area contributed by atoms with E-state index in [9.17, 15) is 29.5 Å². The van der Waals surface area contributed by atoms with E-state index in [2.05, 4.69) is 0 Å². The number of aromatic nitrogens is 1. The number of alkyl halides is 3. The van der Waals surface area contributed by atoms with Crippen LogP contribution in [0.4, 0.5) is 22.0 Å². The van der Waals surface area contributed by atoms with E-state index in [-0.39, 0.29) is 38.1 Å². The molecule has 6 nitrogen and oxygen atoms in total. The van der Waals surface area contributed by atoms with Gasteiger partial charge >= 0.3 is 6.18 Å². The fraction of sp³-hybridized carbons (Fsp3) is 0.300. The predicted molar refractivity (Wildman–Crippen MR) is 193 cm³/mol. The molecule has 0 unspecified atom stereocenters. The standard InChI is InChI=1S/C40H38F5N3O3S/c1-51-22-21-46-19-17-32(18-20-46)47(24-27-9-11-28(12-10-27)29-13-15-31(16-14-29)40(43,44)45)37(50)25-48-35-8-3-2-6-33(35)36(49)23-38(48)52-26-30-5-4-7-34(41)39(30)42/h2-16,23,32H,17-22,24-26H2,1H3/i1D3,2D,3D,6D,8D,23D,25D2. The average molecular weight is 746 g/mol. The molecular formula is C40H38F5N3O3S. The summed E-state index contributed by atoms with van der Waals surface area (Å²) in [5, 5.41) is -1.36. The zero-order valence-electron chi connectivity index (χ0n) is 37.4. The molecule has 0 N–H and O–H groups in total. The number of hydrogen-bond donors (Lipinski definition) is 0. The van der Waals surface area contributed by atoms with E-state index < -0.39 is 106 Å². The molecule has 272 valence electrons. The second kappa shape index (κ2) is 16.4. The normalized spacial score (nSPS) is 17.5. The molecule has 1 aliphatic heterocycles. The highest BCUT2D eigenvalue weighted by Gasteiger charge is 2.31. The van der Waals surface area contributed by atoms with Crippen LogP contribution in [0.5, 0.6) is 0 Å². The van der Waals surface area contributed by atoms with Gasteiger partial charge in [-0.3, -0.25) is 9.59 Å². The predicted octanol–water partition coefficient (Wildman–Crippen LogP) is 8.40. The Morgan fingerprint density at radius 2 is 1.71 bits per heavy atom. The Hall–Kier alpha value is -4.52. The van der Waals surface area contributed by atoms with Crippen molar-refractivity contribution in [1.82, 2.24) is 14.4 Å². The fourth-order valence-electron chi connectivity index (χ4n) is 5.98. The SMILES string of the molecule is [2H]c1c([2H])c([2H])c2c(c1[2H])c(=O)c([2H])c(SCc1cccc(F)c1F)n2C([2H])([2H])C(=O)N(Cc1ccc(-c2ccc(C(F)(F)F)cc2)cc1)C1CCN(CCOC([2H])([2H])[2H])CC1. The summed E-state index contributed by atoms with van der Waals surface area (Å²) < 4.78 is 158. The number of ether oxygens (including phenoxy) is 1. The zero-order valence-corrected chi connectivity index (χ0v) is 28.3. The number of hydrogen-bond acceptors (Lipinski definition) is 5. The van der Waals surface area contributed by atoms with Crippen molar-refractivity contribution in [1.29, 1.82) is 0 Å². The second-order valence-electron chi connectivity index (χ2n) is 12.1. The number of carbonyl (C=O) groups is 1. The Morgan fingerprint density at radius 1 is 1.02 bits per heavy atom. The Balaban J connectivity index is 1.43. The molecule has 0 bridgehead atoms. The van der Waals surface area contributed by atoms with E-state index in [0.717, 1.165) is 18.2 Å². The van der Waals surface area contributed by atoms with Gasteiger partial charge in [0.25, 0.3) is 0 Å². The van der Waals surface area contributed by atoms with Gasteiger partial charge in [0.1, 0.15) is 6.50 Å². The monoisotopic (exact) mass is 745 g/mol. The van der Waals surface area contributed by atoms with Gasteiger partial charge in [-0.05, 0) is 59.8 Å². The highest BCUT2D eigenvalue weighted by atomic mass is 32.2. The van der Waals surface area contributed by atoms with E-state index in [4.69, 9.17) is 15.7 Å². The molecule has 4 aromatic carbocycles. The van der Waals surface area contributed by atoms with Crippen LogP contribution in [0.15, 0.2) is 107 Å². The summed E-state index contributed by atoms with van der Waals surface area (Å²) in [6.07, 6.45) is -4.05. The Bertz CT molecular complexity index is 2540. The van der Waals surface area contributed by atoms with Crippen LogP contribution in [-0.4, -0.2) is 59.6 Å². The molecule has 2 heterocycles. The molecular weight excluding hydrogens is 698 g/mol. The topological polar surface area (TPSA) is 54.8 Å². The minimum atomic E-state index is -4.53. The Kier molecular flexibility index (Phi) is 8.31. The largest absolute Gasteiger partial charge is 0.416 e. The van der Waals surface area contributed by atoms with Gasteiger partial charge in [-0.2, -0.15) is 13.2 Å². The average Bonchev–Trinajstić information content (AvgIpc) is 3.22. The number of pyridine rings is 1. The number of methoxy groups -OCH3 is 1. The van der Waals surface area contributed by atoms with Gasteiger partial charge in [0.05, 0.1) is 36.4 Å². The molecule has 52 heavy (non-hydrogen) atoms. The first-order valence-electron chi connectivity index (χ1n) is 21.2. The first-order valence-corrected chi connectivity index (χ1v) is 17.2. The summed E-state index contributed by atoms with van der Waals surface area (Å²) in [6, 6.07) is 9.07. The quantitative estimate of drug-likeness (QED) is 0.0949. The van der Waals surface area contributed by atoms with Crippen molar-refractivity contribution in [3.05, 3.63) is 135 Å². The third-order valence-corrected chi connectivity index (χ3v) is 9.78. The van der Waals surface area contributed by atoms with E-state index >= 15 is 4.79 Å². The molecule has 0 spiro atoms. The van der Waals surface area contributed by atoms with Crippen molar-refractivity contribution in [2.45, 2.75) is 48.9 Å². The van der Waals surface area contributed by atoms with Gasteiger partial charge in [0.15, 0.2) is 17.1 Å². The number of para-hydroxylation sites is 1. The number of carbonyl (C=O) groups excluding carboxylic acids is 1. The highest BCUT2D eigenvalue weighted by Crippen LogP contribution is 2.32. The first-order chi connectivity index (χ1) is 29.0. The minimum Gasteiger partial charge on any atom is -0.383 e. The van der Waals surface area contributed by atoms with Crippen LogP contribution in [0.1, 0.15) is 43.2 Å². The maximum Gasteiger partial charge on any atom is 0.416 e. The van der Waals surface area contributed by atoms with E-state index in [1.165, 1.54) is 29.2 Å². The second-order valence-corrected chi connectivity index (χ2v) is 13.0. The highest BCUT2D eigenvalue weighted by molar-refractivity contribution is 7.98. The first kappa shape index (κ1) is 26.3. The third-order valence-electron chi connectivity index (χ3n) is 8.77. The van der Waals surface area contributed by atoms with Crippen molar-refractivity contribution >= 4 is 28.6 Å². The van der Waals surface area contributed by atoms with E-state index in [0.29, 0.717) is 46.1 Å². The van der Waals surface area contributed by atoms with Crippen LogP contribution in [0, 0.1) is 11.6 Å². The van der Waals surface area contributed by atoms with Gasteiger partial charge in [0.2, 0.25) is 5.91 Å². The zero-order chi connectivity index (χ0) is 45.5. The van der Waals surface area contributed by atoms with Crippen molar-refractivity contribution in [2.75, 3.05) is 33.3 Å². The van der Waals surface area contributed by atoms with Crippen molar-refractivity contribution in [3.8, 4) is 11.1 Å². The van der Waals surface area contributed by atoms with Crippen LogP contribution in [0.25, 0.3) is 22.0 Å². The lowest BCUT2D eigenvalue weighted by atomic mass is 10.00. The number of likely N-dealkylation sites (tertiary alicyclic amines) is 1. The molecule has 0 saturated carbocycles. The van der Waals surface area contributed by atoms with Crippen LogP contribution in [0.3, 0.4) is 0 Å². The molecule has 1 amide bonds. The van der Waals surface area contributed by atoms with Gasteiger partial charge in [0, 0.05) is 62.0 Å². The molecule has 1 saturated heterocycles. The van der Waals surface area contributed by atoms with Crippen molar-refractivity contribution < 1.29 is 45.2 Å². The van der Waals surface area contributed by atoms with Gasteiger partial charge in [-0.15, -0.1) is 11.8 Å².